The summed E-state index contributed by atoms with van der Waals surface area (Å²) < 4.78 is 4.76. The molecule has 0 aliphatic carbocycles. The quantitative estimate of drug-likeness (QED) is 0.121. The molecule has 16 aromatic carbocycles. The molecule has 4 heterocycles. The highest BCUT2D eigenvalue weighted by molar-refractivity contribution is 6.17. The molecule has 0 unspecified atom stereocenters. The summed E-state index contributed by atoms with van der Waals surface area (Å²) >= 11 is 0. The van der Waals surface area contributed by atoms with Crippen LogP contribution in [0, 0.1) is 0 Å². The maximum atomic E-state index is 5.46. The molecule has 0 atom stereocenters. The summed E-state index contributed by atoms with van der Waals surface area (Å²) in [5.74, 6) is 3.54. The van der Waals surface area contributed by atoms with Crippen molar-refractivity contribution in [3.05, 3.63) is 364 Å². The fourth-order valence-corrected chi connectivity index (χ4v) is 15.3. The molecule has 4 aromatic heterocycles. The zero-order valence-corrected chi connectivity index (χ0v) is 56.2. The lowest BCUT2D eigenvalue weighted by Gasteiger charge is -2.15. The first-order chi connectivity index (χ1) is 51.5. The molecule has 8 heteroatoms. The van der Waals surface area contributed by atoms with Crippen LogP contribution in [0.15, 0.2) is 364 Å². The van der Waals surface area contributed by atoms with Crippen molar-refractivity contribution in [2.45, 2.75) is 0 Å². The Balaban J connectivity index is 0.698. The summed E-state index contributed by atoms with van der Waals surface area (Å²) in [7, 11) is 0. The van der Waals surface area contributed by atoms with E-state index < -0.39 is 0 Å². The maximum absolute atomic E-state index is 5.46. The molecule has 0 aliphatic heterocycles. The number of benzene rings is 16. The number of rotatable bonds is 12. The van der Waals surface area contributed by atoms with Crippen LogP contribution in [-0.2, 0) is 0 Å². The van der Waals surface area contributed by atoms with Crippen LogP contribution in [0.5, 0.6) is 0 Å². The molecule has 0 saturated heterocycles. The van der Waals surface area contributed by atoms with Crippen molar-refractivity contribution in [1.29, 1.82) is 0 Å². The molecule has 0 radical (unpaired) electrons. The predicted molar refractivity (Wildman–Crippen MR) is 429 cm³/mol. The van der Waals surface area contributed by atoms with Gasteiger partial charge in [-0.1, -0.05) is 249 Å². The minimum Gasteiger partial charge on any atom is -0.309 e. The van der Waals surface area contributed by atoms with Gasteiger partial charge in [-0.3, -0.25) is 0 Å². The highest BCUT2D eigenvalue weighted by Gasteiger charge is 2.22. The van der Waals surface area contributed by atoms with Gasteiger partial charge in [0.1, 0.15) is 0 Å². The zero-order valence-electron chi connectivity index (χ0n) is 56.2. The summed E-state index contributed by atoms with van der Waals surface area (Å²) in [6.07, 6.45) is 0. The summed E-state index contributed by atoms with van der Waals surface area (Å²) in [6.45, 7) is 0. The summed E-state index contributed by atoms with van der Waals surface area (Å²) in [4.78, 5) is 32.0. The third-order valence-electron chi connectivity index (χ3n) is 20.3. The molecule has 104 heavy (non-hydrogen) atoms. The van der Waals surface area contributed by atoms with Gasteiger partial charge < -0.3 is 9.13 Å². The number of hydrogen-bond acceptors (Lipinski definition) is 6. The Labute approximate surface area is 599 Å². The maximum Gasteiger partial charge on any atom is 0.164 e. The minimum atomic E-state index is 0.579. The van der Waals surface area contributed by atoms with Gasteiger partial charge in [0.15, 0.2) is 34.9 Å². The first-order valence-electron chi connectivity index (χ1n) is 35.1. The highest BCUT2D eigenvalue weighted by Crippen LogP contribution is 2.43. The van der Waals surface area contributed by atoms with Crippen LogP contribution in [0.4, 0.5) is 0 Å². The SMILES string of the molecule is c1ccc(-c2cccc(-c3nc(-c4ccc(-n5c6ccccc6c6cc7c(-c8cc(-c9nc(-c%10ccc(-n%11c%12ccccc%12c%12cc%13ccccc%13cc%12%11)cc%10)nc(-c%10cccc(-c%11ccccc%11)c%10)n9)cc9ccccc89)cccc7cc65)cc4)nc(-c4cccc(-c5ccccc5)c4)n3)c2)cc1. The largest absolute Gasteiger partial charge is 0.309 e. The van der Waals surface area contributed by atoms with Crippen LogP contribution in [0.3, 0.4) is 0 Å². The number of fused-ring (bicyclic) bond motifs is 9. The van der Waals surface area contributed by atoms with Crippen molar-refractivity contribution in [2.24, 2.45) is 0 Å². The van der Waals surface area contributed by atoms with E-state index in [-0.39, 0.29) is 0 Å². The van der Waals surface area contributed by atoms with E-state index in [0.717, 1.165) is 144 Å². The average Bonchev–Trinajstić information content (AvgIpc) is 1.55. The van der Waals surface area contributed by atoms with Crippen LogP contribution in [-0.4, -0.2) is 39.0 Å². The zero-order chi connectivity index (χ0) is 68.6. The second-order valence-corrected chi connectivity index (χ2v) is 26.6. The number of nitrogens with zero attached hydrogens (tertiary/aromatic N) is 8. The van der Waals surface area contributed by atoms with E-state index >= 15 is 0 Å². The minimum absolute atomic E-state index is 0.579. The van der Waals surface area contributed by atoms with Crippen molar-refractivity contribution in [3.8, 4) is 124 Å². The predicted octanol–water partition coefficient (Wildman–Crippen LogP) is 24.4. The monoisotopic (exact) mass is 1320 g/mol. The normalized spacial score (nSPS) is 11.7. The average molecular weight is 1330 g/mol. The van der Waals surface area contributed by atoms with Gasteiger partial charge in [-0.15, -0.1) is 0 Å². The Morgan fingerprint density at radius 1 is 0.154 bits per heavy atom. The second-order valence-electron chi connectivity index (χ2n) is 26.6. The molecule has 0 spiro atoms. The van der Waals surface area contributed by atoms with Crippen molar-refractivity contribution in [1.82, 2.24) is 39.0 Å². The van der Waals surface area contributed by atoms with Gasteiger partial charge in [0, 0.05) is 66.3 Å². The van der Waals surface area contributed by atoms with Crippen LogP contribution in [0.25, 0.3) is 200 Å². The Hall–Kier alpha value is -14.1. The molecule has 20 rings (SSSR count). The number of hydrogen-bond donors (Lipinski definition) is 0. The first kappa shape index (κ1) is 59.9. The first-order valence-corrected chi connectivity index (χ1v) is 35.1. The number of para-hydroxylation sites is 2. The standard InChI is InChI=1S/C96H60N8/c1-4-22-61(23-5-1)66-31-18-35-73(52-66)93-97-91(98-94(101-93)74-36-19-32-67(53-74)62-24-6-2-7-25-62)64-44-50-78(51-45-64)104-88-43-17-15-40-82(88)86-60-83-72(59-90(86)104)34-21-41-80(83)84-57-76(55-71-30-12-13-38-79(71)84)96-100-92(99-95(102-96)75-37-20-33-68(54-75)63-26-8-3-9-27-63)65-46-48-77(49-47-65)103-87-42-16-14-39-81(87)85-56-69-28-10-11-29-70(69)58-89(85)103/h1-60H. The smallest absolute Gasteiger partial charge is 0.164 e. The van der Waals surface area contributed by atoms with Crippen molar-refractivity contribution < 1.29 is 0 Å². The van der Waals surface area contributed by atoms with E-state index in [2.05, 4.69) is 355 Å². The summed E-state index contributed by atoms with van der Waals surface area (Å²) in [5.41, 5.74) is 20.7. The Kier molecular flexibility index (Phi) is 14.4. The summed E-state index contributed by atoms with van der Waals surface area (Å²) in [5, 5.41) is 11.6. The van der Waals surface area contributed by atoms with Gasteiger partial charge in [-0.05, 0) is 192 Å². The van der Waals surface area contributed by atoms with E-state index in [1.165, 1.54) is 21.5 Å². The molecular formula is C96H60N8. The van der Waals surface area contributed by atoms with E-state index in [4.69, 9.17) is 29.9 Å². The van der Waals surface area contributed by atoms with Crippen molar-refractivity contribution in [2.75, 3.05) is 0 Å². The molecule has 0 amide bonds. The van der Waals surface area contributed by atoms with E-state index in [1.54, 1.807) is 0 Å². The van der Waals surface area contributed by atoms with Crippen LogP contribution >= 0.6 is 0 Å². The third-order valence-corrected chi connectivity index (χ3v) is 20.3. The van der Waals surface area contributed by atoms with E-state index in [9.17, 15) is 0 Å². The van der Waals surface area contributed by atoms with Gasteiger partial charge in [0.05, 0.1) is 22.1 Å². The molecule has 0 fully saturated rings. The lowest BCUT2D eigenvalue weighted by molar-refractivity contribution is 1.07. The Morgan fingerprint density at radius 2 is 0.490 bits per heavy atom. The molecule has 0 aliphatic rings. The van der Waals surface area contributed by atoms with Gasteiger partial charge in [-0.25, -0.2) is 29.9 Å². The van der Waals surface area contributed by atoms with Gasteiger partial charge in [-0.2, -0.15) is 0 Å². The van der Waals surface area contributed by atoms with Gasteiger partial charge >= 0.3 is 0 Å². The van der Waals surface area contributed by atoms with Gasteiger partial charge in [0.25, 0.3) is 0 Å². The molecular weight excluding hydrogens is 1270 g/mol. The molecule has 484 valence electrons. The van der Waals surface area contributed by atoms with Gasteiger partial charge in [0.2, 0.25) is 0 Å². The fourth-order valence-electron chi connectivity index (χ4n) is 15.3. The number of aromatic nitrogens is 8. The lowest BCUT2D eigenvalue weighted by Crippen LogP contribution is -2.01. The molecule has 0 N–H and O–H groups in total. The second kappa shape index (κ2) is 25.0. The van der Waals surface area contributed by atoms with E-state index in [0.29, 0.717) is 34.9 Å². The van der Waals surface area contributed by atoms with Crippen LogP contribution in [0.1, 0.15) is 0 Å². The third kappa shape index (κ3) is 10.6. The molecule has 20 aromatic rings. The Bertz CT molecular complexity index is 6660. The molecule has 8 nitrogen and oxygen atoms in total. The van der Waals surface area contributed by atoms with Crippen molar-refractivity contribution in [3.63, 3.8) is 0 Å². The highest BCUT2D eigenvalue weighted by atomic mass is 15.0. The molecule has 0 saturated carbocycles. The van der Waals surface area contributed by atoms with Crippen molar-refractivity contribution >= 4 is 75.9 Å². The Morgan fingerprint density at radius 3 is 0.971 bits per heavy atom. The topological polar surface area (TPSA) is 87.2 Å². The van der Waals surface area contributed by atoms with Crippen LogP contribution < -0.4 is 0 Å². The van der Waals surface area contributed by atoms with E-state index in [1.807, 2.05) is 18.2 Å². The fraction of sp³-hybridized carbons (Fsp3) is 0. The molecule has 0 bridgehead atoms. The van der Waals surface area contributed by atoms with Crippen LogP contribution in [0.2, 0.25) is 0 Å². The summed E-state index contributed by atoms with van der Waals surface area (Å²) in [6, 6.07) is 129. The lowest BCUT2D eigenvalue weighted by atomic mass is 9.91.